The minimum absolute atomic E-state index is 0.0569. The van der Waals surface area contributed by atoms with Gasteiger partial charge in [0.2, 0.25) is 0 Å². The molecule has 4 nitrogen and oxygen atoms in total. The number of carbonyl (C=O) groups is 1. The fourth-order valence-corrected chi connectivity index (χ4v) is 2.71. The number of carbonyl (C=O) groups excluding carboxylic acids is 1. The number of rotatable bonds is 6. The van der Waals surface area contributed by atoms with Gasteiger partial charge in [0.25, 0.3) is 0 Å². The average Bonchev–Trinajstić information content (AvgIpc) is 3.16. The molecular formula is C14H17IO4. The molecular weight excluding hydrogens is 359 g/mol. The summed E-state index contributed by atoms with van der Waals surface area (Å²) in [6.45, 7) is 4.71. The van der Waals surface area contributed by atoms with Crippen molar-refractivity contribution in [2.75, 3.05) is 13.2 Å². The van der Waals surface area contributed by atoms with Gasteiger partial charge in [0.15, 0.2) is 5.78 Å². The molecule has 0 aliphatic carbocycles. The molecule has 5 heteroatoms. The van der Waals surface area contributed by atoms with Crippen LogP contribution in [0.5, 0.6) is 11.5 Å². The van der Waals surface area contributed by atoms with E-state index >= 15 is 0 Å². The van der Waals surface area contributed by atoms with Crippen LogP contribution < -0.4 is 4.74 Å². The summed E-state index contributed by atoms with van der Waals surface area (Å²) < 4.78 is 11.7. The third-order valence-electron chi connectivity index (χ3n) is 3.00. The summed E-state index contributed by atoms with van der Waals surface area (Å²) in [5, 5.41) is 10.2. The van der Waals surface area contributed by atoms with Crippen molar-refractivity contribution in [1.82, 2.24) is 0 Å². The highest BCUT2D eigenvalue weighted by atomic mass is 127. The van der Waals surface area contributed by atoms with Crippen LogP contribution in [0.2, 0.25) is 0 Å². The summed E-state index contributed by atoms with van der Waals surface area (Å²) in [6, 6.07) is 1.68. The van der Waals surface area contributed by atoms with Gasteiger partial charge in [-0.1, -0.05) is 13.3 Å². The molecule has 1 aromatic carbocycles. The highest BCUT2D eigenvalue weighted by Gasteiger charge is 2.25. The molecule has 1 N–H and O–H groups in total. The molecule has 1 saturated heterocycles. The Balaban J connectivity index is 2.37. The lowest BCUT2D eigenvalue weighted by Gasteiger charge is -2.16. The van der Waals surface area contributed by atoms with E-state index in [4.69, 9.17) is 9.47 Å². The van der Waals surface area contributed by atoms with Crippen LogP contribution in [0, 0.1) is 3.57 Å². The van der Waals surface area contributed by atoms with E-state index in [0.717, 1.165) is 22.2 Å². The van der Waals surface area contributed by atoms with Crippen LogP contribution >= 0.6 is 22.6 Å². The second-order valence-electron chi connectivity index (χ2n) is 4.63. The molecule has 1 unspecified atom stereocenters. The Morgan fingerprint density at radius 2 is 2.32 bits per heavy atom. The van der Waals surface area contributed by atoms with Crippen molar-refractivity contribution in [3.05, 3.63) is 20.8 Å². The van der Waals surface area contributed by atoms with Gasteiger partial charge in [-0.3, -0.25) is 4.79 Å². The van der Waals surface area contributed by atoms with E-state index in [9.17, 15) is 9.90 Å². The van der Waals surface area contributed by atoms with Crippen molar-refractivity contribution >= 4 is 28.4 Å². The monoisotopic (exact) mass is 376 g/mol. The third-order valence-corrected chi connectivity index (χ3v) is 3.80. The Hall–Kier alpha value is -0.820. The van der Waals surface area contributed by atoms with E-state index < -0.39 is 0 Å². The van der Waals surface area contributed by atoms with Gasteiger partial charge >= 0.3 is 0 Å². The number of hydrogen-bond acceptors (Lipinski definition) is 4. The number of hydrogen-bond donors (Lipinski definition) is 1. The number of ketones is 1. The molecule has 1 aliphatic rings. The first-order valence-electron chi connectivity index (χ1n) is 6.34. The van der Waals surface area contributed by atoms with Crippen LogP contribution in [-0.2, 0) is 11.2 Å². The van der Waals surface area contributed by atoms with Gasteiger partial charge in [0.05, 0.1) is 15.7 Å². The molecule has 1 heterocycles. The van der Waals surface area contributed by atoms with Gasteiger partial charge in [0.1, 0.15) is 24.2 Å². The molecule has 0 bridgehead atoms. The lowest BCUT2D eigenvalue weighted by molar-refractivity contribution is 0.101. The molecule has 19 heavy (non-hydrogen) atoms. The van der Waals surface area contributed by atoms with Crippen molar-refractivity contribution < 1.29 is 19.4 Å². The lowest BCUT2D eigenvalue weighted by atomic mass is 10.0. The maximum Gasteiger partial charge on any atom is 0.163 e. The standard InChI is InChI=1S/C14H17IO4/c1-3-4-10-13(17)11(8(2)16)5-12(15)14(10)19-7-9-6-18-9/h5,9,17H,3-4,6-7H2,1-2H3. The van der Waals surface area contributed by atoms with Crippen LogP contribution in [0.15, 0.2) is 6.07 Å². The van der Waals surface area contributed by atoms with E-state index in [2.05, 4.69) is 22.6 Å². The number of ether oxygens (including phenoxy) is 2. The molecule has 0 saturated carbocycles. The Morgan fingerprint density at radius 3 is 2.84 bits per heavy atom. The zero-order valence-corrected chi connectivity index (χ0v) is 13.2. The minimum Gasteiger partial charge on any atom is -0.507 e. The van der Waals surface area contributed by atoms with Gasteiger partial charge in [-0.25, -0.2) is 0 Å². The number of epoxide rings is 1. The number of phenols is 1. The molecule has 104 valence electrons. The summed E-state index contributed by atoms with van der Waals surface area (Å²) >= 11 is 2.14. The van der Waals surface area contributed by atoms with Crippen molar-refractivity contribution in [3.63, 3.8) is 0 Å². The molecule has 0 amide bonds. The van der Waals surface area contributed by atoms with Crippen molar-refractivity contribution in [2.45, 2.75) is 32.8 Å². The predicted molar refractivity (Wildman–Crippen MR) is 80.1 cm³/mol. The molecule has 2 rings (SSSR count). The summed E-state index contributed by atoms with van der Waals surface area (Å²) in [6.07, 6.45) is 1.73. The van der Waals surface area contributed by atoms with Crippen LogP contribution in [0.3, 0.4) is 0 Å². The van der Waals surface area contributed by atoms with Crippen molar-refractivity contribution in [3.8, 4) is 11.5 Å². The van der Waals surface area contributed by atoms with Gasteiger partial charge in [-0.15, -0.1) is 0 Å². The first-order valence-corrected chi connectivity index (χ1v) is 7.42. The first kappa shape index (κ1) is 14.6. The van der Waals surface area contributed by atoms with Crippen LogP contribution in [-0.4, -0.2) is 30.2 Å². The second kappa shape index (κ2) is 6.09. The SMILES string of the molecule is CCCc1c(O)c(C(C)=O)cc(I)c1OCC1CO1. The van der Waals surface area contributed by atoms with Crippen LogP contribution in [0.25, 0.3) is 0 Å². The van der Waals surface area contributed by atoms with Crippen molar-refractivity contribution in [1.29, 1.82) is 0 Å². The Labute approximate surface area is 126 Å². The van der Waals surface area contributed by atoms with E-state index in [1.165, 1.54) is 6.92 Å². The summed E-state index contributed by atoms with van der Waals surface area (Å²) in [4.78, 5) is 11.5. The van der Waals surface area contributed by atoms with Crippen LogP contribution in [0.4, 0.5) is 0 Å². The number of phenolic OH excluding ortho intramolecular Hbond substituents is 1. The fraction of sp³-hybridized carbons (Fsp3) is 0.500. The topological polar surface area (TPSA) is 59.1 Å². The summed E-state index contributed by atoms with van der Waals surface area (Å²) in [5.41, 5.74) is 1.09. The third kappa shape index (κ3) is 3.39. The van der Waals surface area contributed by atoms with E-state index in [0.29, 0.717) is 24.3 Å². The number of aromatic hydroxyl groups is 1. The quantitative estimate of drug-likeness (QED) is 0.471. The molecule has 0 spiro atoms. The van der Waals surface area contributed by atoms with E-state index in [1.807, 2.05) is 6.92 Å². The maximum atomic E-state index is 11.5. The van der Waals surface area contributed by atoms with Crippen LogP contribution in [0.1, 0.15) is 36.2 Å². The van der Waals surface area contributed by atoms with Gasteiger partial charge < -0.3 is 14.6 Å². The number of Topliss-reactive ketones (excluding diaryl/α,β-unsaturated/α-hetero) is 1. The highest BCUT2D eigenvalue weighted by molar-refractivity contribution is 14.1. The first-order chi connectivity index (χ1) is 9.04. The smallest absolute Gasteiger partial charge is 0.163 e. The normalized spacial score (nSPS) is 17.3. The van der Waals surface area contributed by atoms with E-state index in [1.54, 1.807) is 6.07 Å². The second-order valence-corrected chi connectivity index (χ2v) is 5.80. The number of halogens is 1. The lowest BCUT2D eigenvalue weighted by Crippen LogP contribution is -2.09. The predicted octanol–water partition coefficient (Wildman–Crippen LogP) is 2.93. The van der Waals surface area contributed by atoms with Gasteiger partial charge in [-0.2, -0.15) is 0 Å². The van der Waals surface area contributed by atoms with Gasteiger partial charge in [-0.05, 0) is 42.0 Å². The Kier molecular flexibility index (Phi) is 4.67. The maximum absolute atomic E-state index is 11.5. The highest BCUT2D eigenvalue weighted by Crippen LogP contribution is 2.37. The fourth-order valence-electron chi connectivity index (χ4n) is 1.92. The summed E-state index contributed by atoms with van der Waals surface area (Å²) in [5.74, 6) is 0.603. The molecule has 1 aromatic rings. The molecule has 1 aliphatic heterocycles. The zero-order chi connectivity index (χ0) is 14.0. The molecule has 0 radical (unpaired) electrons. The Morgan fingerprint density at radius 1 is 1.63 bits per heavy atom. The molecule has 1 fully saturated rings. The molecule has 0 aromatic heterocycles. The minimum atomic E-state index is -0.134. The average molecular weight is 376 g/mol. The summed E-state index contributed by atoms with van der Waals surface area (Å²) in [7, 11) is 0. The zero-order valence-electron chi connectivity index (χ0n) is 11.0. The Bertz CT molecular complexity index is 495. The molecule has 1 atom stereocenters. The van der Waals surface area contributed by atoms with Crippen molar-refractivity contribution in [2.24, 2.45) is 0 Å². The largest absolute Gasteiger partial charge is 0.507 e. The van der Waals surface area contributed by atoms with Gasteiger partial charge in [0, 0.05) is 5.56 Å². The number of benzene rings is 1. The van der Waals surface area contributed by atoms with E-state index in [-0.39, 0.29) is 17.6 Å².